The summed E-state index contributed by atoms with van der Waals surface area (Å²) in [7, 11) is 1.99. The predicted molar refractivity (Wildman–Crippen MR) is 67.2 cm³/mol. The zero-order valence-electron chi connectivity index (χ0n) is 10.2. The van der Waals surface area contributed by atoms with Crippen LogP contribution in [0.25, 0.3) is 0 Å². The topological polar surface area (TPSA) is 49.5 Å². The molecule has 1 rings (SSSR count). The van der Waals surface area contributed by atoms with E-state index in [-0.39, 0.29) is 0 Å². The summed E-state index contributed by atoms with van der Waals surface area (Å²) in [6, 6.07) is 8.60. The number of hydrogen-bond acceptors (Lipinski definition) is 3. The number of benzene rings is 1. The van der Waals surface area contributed by atoms with E-state index < -0.39 is 6.10 Å². The van der Waals surface area contributed by atoms with Crippen molar-refractivity contribution in [3.8, 4) is 0 Å². The maximum absolute atomic E-state index is 9.42. The van der Waals surface area contributed by atoms with Gasteiger partial charge < -0.3 is 10.8 Å². The molecule has 1 unspecified atom stereocenters. The molecule has 3 heteroatoms. The standard InChI is InChI=1S/C13H22N2O/c1-3-11-4-6-12(7-5-11)9-15(2)10-13(16)8-14/h4-7,13,16H,3,8-10,14H2,1-2H3. The van der Waals surface area contributed by atoms with E-state index >= 15 is 0 Å². The Morgan fingerprint density at radius 3 is 2.31 bits per heavy atom. The summed E-state index contributed by atoms with van der Waals surface area (Å²) in [5, 5.41) is 9.42. The predicted octanol–water partition coefficient (Wildman–Crippen LogP) is 1.00. The van der Waals surface area contributed by atoms with Gasteiger partial charge in [-0.15, -0.1) is 0 Å². The molecule has 1 aromatic rings. The van der Waals surface area contributed by atoms with Crippen LogP contribution in [-0.4, -0.2) is 36.2 Å². The molecule has 0 saturated heterocycles. The van der Waals surface area contributed by atoms with Crippen LogP contribution in [0.15, 0.2) is 24.3 Å². The highest BCUT2D eigenvalue weighted by molar-refractivity contribution is 5.22. The van der Waals surface area contributed by atoms with Crippen molar-refractivity contribution in [1.29, 1.82) is 0 Å². The summed E-state index contributed by atoms with van der Waals surface area (Å²) >= 11 is 0. The molecule has 3 nitrogen and oxygen atoms in total. The minimum absolute atomic E-state index is 0.319. The molecule has 0 saturated carbocycles. The Morgan fingerprint density at radius 1 is 1.25 bits per heavy atom. The van der Waals surface area contributed by atoms with E-state index in [0.29, 0.717) is 13.1 Å². The van der Waals surface area contributed by atoms with Crippen molar-refractivity contribution in [1.82, 2.24) is 4.90 Å². The van der Waals surface area contributed by atoms with Crippen molar-refractivity contribution >= 4 is 0 Å². The number of aliphatic hydroxyl groups excluding tert-OH is 1. The third-order valence-corrected chi connectivity index (χ3v) is 2.68. The second-order valence-corrected chi connectivity index (χ2v) is 4.26. The lowest BCUT2D eigenvalue weighted by molar-refractivity contribution is 0.129. The molecule has 16 heavy (non-hydrogen) atoms. The Morgan fingerprint density at radius 2 is 1.81 bits per heavy atom. The summed E-state index contributed by atoms with van der Waals surface area (Å²) in [6.07, 6.45) is 0.641. The van der Waals surface area contributed by atoms with Gasteiger partial charge in [-0.05, 0) is 24.6 Å². The molecule has 0 aliphatic heterocycles. The Balaban J connectivity index is 2.46. The lowest BCUT2D eigenvalue weighted by atomic mass is 10.1. The van der Waals surface area contributed by atoms with Crippen LogP contribution in [-0.2, 0) is 13.0 Å². The van der Waals surface area contributed by atoms with Gasteiger partial charge >= 0.3 is 0 Å². The zero-order chi connectivity index (χ0) is 12.0. The van der Waals surface area contributed by atoms with E-state index in [0.717, 1.165) is 13.0 Å². The van der Waals surface area contributed by atoms with E-state index in [1.165, 1.54) is 11.1 Å². The monoisotopic (exact) mass is 222 g/mol. The van der Waals surface area contributed by atoms with Crippen molar-refractivity contribution in [3.05, 3.63) is 35.4 Å². The molecule has 0 aromatic heterocycles. The van der Waals surface area contributed by atoms with Gasteiger partial charge in [-0.25, -0.2) is 0 Å². The number of hydrogen-bond donors (Lipinski definition) is 2. The maximum Gasteiger partial charge on any atom is 0.0789 e. The van der Waals surface area contributed by atoms with Gasteiger partial charge in [0.25, 0.3) is 0 Å². The summed E-state index contributed by atoms with van der Waals surface area (Å²) < 4.78 is 0. The van der Waals surface area contributed by atoms with Gasteiger partial charge in [-0.3, -0.25) is 4.90 Å². The fourth-order valence-electron chi connectivity index (χ4n) is 1.69. The van der Waals surface area contributed by atoms with E-state index in [1.54, 1.807) is 0 Å². The Kier molecular flexibility index (Phi) is 5.46. The molecular weight excluding hydrogens is 200 g/mol. The molecule has 0 aliphatic carbocycles. The van der Waals surface area contributed by atoms with Gasteiger partial charge in [0.15, 0.2) is 0 Å². The van der Waals surface area contributed by atoms with Gasteiger partial charge in [-0.2, -0.15) is 0 Å². The fourth-order valence-corrected chi connectivity index (χ4v) is 1.69. The van der Waals surface area contributed by atoms with Crippen molar-refractivity contribution in [2.75, 3.05) is 20.1 Å². The number of nitrogens with zero attached hydrogens (tertiary/aromatic N) is 1. The highest BCUT2D eigenvalue weighted by Gasteiger charge is 2.06. The molecule has 1 aromatic carbocycles. The zero-order valence-corrected chi connectivity index (χ0v) is 10.2. The van der Waals surface area contributed by atoms with Crippen LogP contribution in [0.3, 0.4) is 0 Å². The first-order chi connectivity index (χ1) is 7.65. The molecule has 0 aliphatic rings. The molecule has 0 heterocycles. The van der Waals surface area contributed by atoms with Crippen LogP contribution >= 0.6 is 0 Å². The molecule has 90 valence electrons. The SMILES string of the molecule is CCc1ccc(CN(C)CC(O)CN)cc1. The summed E-state index contributed by atoms with van der Waals surface area (Å²) in [5.41, 5.74) is 8.00. The molecule has 0 bridgehead atoms. The molecular formula is C13H22N2O. The fraction of sp³-hybridized carbons (Fsp3) is 0.538. The van der Waals surface area contributed by atoms with Crippen molar-refractivity contribution < 1.29 is 5.11 Å². The highest BCUT2D eigenvalue weighted by Crippen LogP contribution is 2.07. The van der Waals surface area contributed by atoms with Gasteiger partial charge in [0.05, 0.1) is 6.10 Å². The first-order valence-corrected chi connectivity index (χ1v) is 5.80. The van der Waals surface area contributed by atoms with Gasteiger partial charge in [-0.1, -0.05) is 31.2 Å². The van der Waals surface area contributed by atoms with Crippen LogP contribution in [0.4, 0.5) is 0 Å². The lowest BCUT2D eigenvalue weighted by Crippen LogP contribution is -2.33. The maximum atomic E-state index is 9.42. The number of aryl methyl sites for hydroxylation is 1. The number of nitrogens with two attached hydrogens (primary N) is 1. The molecule has 3 N–H and O–H groups in total. The smallest absolute Gasteiger partial charge is 0.0789 e. The van der Waals surface area contributed by atoms with E-state index in [1.807, 2.05) is 7.05 Å². The normalized spacial score (nSPS) is 13.1. The van der Waals surface area contributed by atoms with Crippen molar-refractivity contribution in [3.63, 3.8) is 0 Å². The van der Waals surface area contributed by atoms with Crippen LogP contribution in [0, 0.1) is 0 Å². The lowest BCUT2D eigenvalue weighted by Gasteiger charge is -2.19. The Labute approximate surface area is 97.9 Å². The number of aliphatic hydroxyl groups is 1. The first-order valence-electron chi connectivity index (χ1n) is 5.80. The Bertz CT molecular complexity index is 297. The Hall–Kier alpha value is -0.900. The van der Waals surface area contributed by atoms with Gasteiger partial charge in [0, 0.05) is 19.6 Å². The molecule has 1 atom stereocenters. The second kappa shape index (κ2) is 6.63. The van der Waals surface area contributed by atoms with E-state index in [2.05, 4.69) is 36.1 Å². The highest BCUT2D eigenvalue weighted by atomic mass is 16.3. The first kappa shape index (κ1) is 13.2. The van der Waals surface area contributed by atoms with Crippen molar-refractivity contribution in [2.24, 2.45) is 5.73 Å². The average Bonchev–Trinajstić information content (AvgIpc) is 2.29. The van der Waals surface area contributed by atoms with E-state index in [4.69, 9.17) is 5.73 Å². The largest absolute Gasteiger partial charge is 0.390 e. The third-order valence-electron chi connectivity index (χ3n) is 2.68. The van der Waals surface area contributed by atoms with Crippen LogP contribution in [0.1, 0.15) is 18.1 Å². The quantitative estimate of drug-likeness (QED) is 0.755. The molecule has 0 radical (unpaired) electrons. The summed E-state index contributed by atoms with van der Waals surface area (Å²) in [5.74, 6) is 0. The van der Waals surface area contributed by atoms with Gasteiger partial charge in [0.2, 0.25) is 0 Å². The second-order valence-electron chi connectivity index (χ2n) is 4.26. The molecule has 0 amide bonds. The van der Waals surface area contributed by atoms with E-state index in [9.17, 15) is 5.11 Å². The third kappa shape index (κ3) is 4.31. The number of rotatable bonds is 6. The van der Waals surface area contributed by atoms with Gasteiger partial charge in [0.1, 0.15) is 0 Å². The minimum atomic E-state index is -0.431. The number of likely N-dealkylation sites (N-methyl/N-ethyl adjacent to an activating group) is 1. The molecule has 0 fully saturated rings. The average molecular weight is 222 g/mol. The van der Waals surface area contributed by atoms with Crippen LogP contribution < -0.4 is 5.73 Å². The summed E-state index contributed by atoms with van der Waals surface area (Å²) in [6.45, 7) is 3.94. The van der Waals surface area contributed by atoms with Crippen LogP contribution in [0.2, 0.25) is 0 Å². The summed E-state index contributed by atoms with van der Waals surface area (Å²) in [4.78, 5) is 2.08. The van der Waals surface area contributed by atoms with Crippen LogP contribution in [0.5, 0.6) is 0 Å². The van der Waals surface area contributed by atoms with Crippen molar-refractivity contribution in [2.45, 2.75) is 26.0 Å². The minimum Gasteiger partial charge on any atom is -0.390 e. The molecule has 0 spiro atoms.